The number of carboxylic acid groups (broad SMARTS) is 1. The molecule has 0 spiro atoms. The molecular weight excluding hydrogens is 340 g/mol. The van der Waals surface area contributed by atoms with Crippen molar-refractivity contribution in [2.24, 2.45) is 0 Å². The van der Waals surface area contributed by atoms with Crippen molar-refractivity contribution in [3.8, 4) is 0 Å². The Kier molecular flexibility index (Phi) is 5.28. The Hall–Kier alpha value is -2.48. The fourth-order valence-corrected chi connectivity index (χ4v) is 3.84. The van der Waals surface area contributed by atoms with Crippen LogP contribution in [-0.2, 0) is 9.59 Å². The zero-order chi connectivity index (χ0) is 17.8. The molecule has 25 heavy (non-hydrogen) atoms. The van der Waals surface area contributed by atoms with Crippen LogP contribution in [0.4, 0.5) is 5.82 Å². The van der Waals surface area contributed by atoms with Crippen LogP contribution >= 0.6 is 11.3 Å². The Balaban J connectivity index is 1.79. The van der Waals surface area contributed by atoms with Gasteiger partial charge in [-0.05, 0) is 37.1 Å². The van der Waals surface area contributed by atoms with Gasteiger partial charge in [0.2, 0.25) is 5.91 Å². The number of hydrogen-bond donors (Lipinski definition) is 2. The molecule has 0 radical (unpaired) electrons. The van der Waals surface area contributed by atoms with Crippen molar-refractivity contribution in [1.82, 2.24) is 15.3 Å². The second kappa shape index (κ2) is 7.60. The van der Waals surface area contributed by atoms with Gasteiger partial charge in [0.1, 0.15) is 29.1 Å². The molecule has 2 aromatic rings. The summed E-state index contributed by atoms with van der Waals surface area (Å²) in [6.07, 6.45) is 5.56. The first-order valence-corrected chi connectivity index (χ1v) is 9.08. The van der Waals surface area contributed by atoms with Crippen LogP contribution in [0.15, 0.2) is 30.4 Å². The van der Waals surface area contributed by atoms with E-state index < -0.39 is 18.1 Å². The summed E-state index contributed by atoms with van der Waals surface area (Å²) in [4.78, 5) is 35.5. The first-order valence-electron chi connectivity index (χ1n) is 8.20. The molecule has 2 atom stereocenters. The molecule has 2 N–H and O–H groups in total. The van der Waals surface area contributed by atoms with Crippen LogP contribution in [0.5, 0.6) is 0 Å². The smallest absolute Gasteiger partial charge is 0.326 e. The molecule has 3 heterocycles. The number of aromatic nitrogens is 2. The van der Waals surface area contributed by atoms with E-state index in [1.54, 1.807) is 6.08 Å². The zero-order valence-electron chi connectivity index (χ0n) is 13.7. The SMILES string of the molecule is C=CCCC(NC(=O)C1CCCN1c1ncnc2sccc12)C(=O)O. The summed E-state index contributed by atoms with van der Waals surface area (Å²) in [5.74, 6) is -0.556. The van der Waals surface area contributed by atoms with E-state index in [4.69, 9.17) is 0 Å². The van der Waals surface area contributed by atoms with Crippen molar-refractivity contribution in [2.45, 2.75) is 37.8 Å². The molecule has 7 nitrogen and oxygen atoms in total. The van der Waals surface area contributed by atoms with Gasteiger partial charge in [-0.1, -0.05) is 6.08 Å². The second-order valence-electron chi connectivity index (χ2n) is 5.95. The third-order valence-electron chi connectivity index (χ3n) is 4.34. The van der Waals surface area contributed by atoms with Gasteiger partial charge in [0.25, 0.3) is 0 Å². The number of fused-ring (bicyclic) bond motifs is 1. The van der Waals surface area contributed by atoms with Crippen LogP contribution in [0.3, 0.4) is 0 Å². The van der Waals surface area contributed by atoms with Crippen molar-refractivity contribution >= 4 is 39.2 Å². The highest BCUT2D eigenvalue weighted by atomic mass is 32.1. The topological polar surface area (TPSA) is 95.4 Å². The van der Waals surface area contributed by atoms with Gasteiger partial charge < -0.3 is 15.3 Å². The molecule has 0 aliphatic carbocycles. The van der Waals surface area contributed by atoms with E-state index in [-0.39, 0.29) is 5.91 Å². The number of carboxylic acids is 1. The quantitative estimate of drug-likeness (QED) is 0.735. The van der Waals surface area contributed by atoms with E-state index in [1.165, 1.54) is 17.7 Å². The summed E-state index contributed by atoms with van der Waals surface area (Å²) in [5, 5.41) is 14.8. The maximum Gasteiger partial charge on any atom is 0.326 e. The largest absolute Gasteiger partial charge is 0.480 e. The number of thiophene rings is 1. The number of aliphatic carboxylic acids is 1. The lowest BCUT2D eigenvalue weighted by atomic mass is 10.1. The third kappa shape index (κ3) is 3.63. The standard InChI is InChI=1S/C17H20N4O3S/c1-2-3-5-12(17(23)24)20-15(22)13-6-4-8-21(13)14-11-7-9-25-16(11)19-10-18-14/h2,7,9-10,12-13H,1,3-6,8H2,(H,20,22)(H,23,24). The molecular formula is C17H20N4O3S. The Morgan fingerprint density at radius 1 is 1.52 bits per heavy atom. The lowest BCUT2D eigenvalue weighted by Crippen LogP contribution is -2.49. The summed E-state index contributed by atoms with van der Waals surface area (Å²) in [6.45, 7) is 4.31. The fraction of sp³-hybridized carbons (Fsp3) is 0.412. The number of rotatable bonds is 7. The number of carbonyl (C=O) groups is 2. The van der Waals surface area contributed by atoms with Crippen LogP contribution in [0.25, 0.3) is 10.2 Å². The highest BCUT2D eigenvalue weighted by Gasteiger charge is 2.34. The molecule has 1 aliphatic rings. The minimum absolute atomic E-state index is 0.268. The van der Waals surface area contributed by atoms with Gasteiger partial charge in [-0.3, -0.25) is 4.79 Å². The number of anilines is 1. The second-order valence-corrected chi connectivity index (χ2v) is 6.85. The van der Waals surface area contributed by atoms with E-state index in [0.29, 0.717) is 25.8 Å². The summed E-state index contributed by atoms with van der Waals surface area (Å²) in [6, 6.07) is 0.635. The average Bonchev–Trinajstić information content (AvgIpc) is 3.26. The maximum atomic E-state index is 12.7. The summed E-state index contributed by atoms with van der Waals surface area (Å²) >= 11 is 1.53. The van der Waals surface area contributed by atoms with Gasteiger partial charge in [-0.25, -0.2) is 14.8 Å². The van der Waals surface area contributed by atoms with Crippen molar-refractivity contribution in [2.75, 3.05) is 11.4 Å². The minimum Gasteiger partial charge on any atom is -0.480 e. The zero-order valence-corrected chi connectivity index (χ0v) is 14.5. The summed E-state index contributed by atoms with van der Waals surface area (Å²) in [7, 11) is 0. The van der Waals surface area contributed by atoms with Crippen molar-refractivity contribution < 1.29 is 14.7 Å². The molecule has 132 valence electrons. The number of nitrogens with zero attached hydrogens (tertiary/aromatic N) is 3. The average molecular weight is 360 g/mol. The Morgan fingerprint density at radius 2 is 2.36 bits per heavy atom. The molecule has 2 unspecified atom stereocenters. The molecule has 1 fully saturated rings. The lowest BCUT2D eigenvalue weighted by molar-refractivity contribution is -0.142. The molecule has 1 amide bonds. The first-order chi connectivity index (χ1) is 12.1. The van der Waals surface area contributed by atoms with Crippen LogP contribution in [0.2, 0.25) is 0 Å². The van der Waals surface area contributed by atoms with Gasteiger partial charge in [-0.15, -0.1) is 17.9 Å². The van der Waals surface area contributed by atoms with Crippen LogP contribution in [0, 0.1) is 0 Å². The number of hydrogen-bond acceptors (Lipinski definition) is 6. The minimum atomic E-state index is -1.03. The number of amides is 1. The molecule has 0 bridgehead atoms. The highest BCUT2D eigenvalue weighted by Crippen LogP contribution is 2.31. The Bertz CT molecular complexity index is 791. The molecule has 1 saturated heterocycles. The summed E-state index contributed by atoms with van der Waals surface area (Å²) < 4.78 is 0. The first kappa shape index (κ1) is 17.3. The van der Waals surface area contributed by atoms with Crippen LogP contribution in [-0.4, -0.2) is 45.6 Å². The van der Waals surface area contributed by atoms with E-state index >= 15 is 0 Å². The lowest BCUT2D eigenvalue weighted by Gasteiger charge is -2.26. The van der Waals surface area contributed by atoms with Gasteiger partial charge in [0.15, 0.2) is 0 Å². The normalized spacial score (nSPS) is 18.2. The van der Waals surface area contributed by atoms with Crippen LogP contribution in [0.1, 0.15) is 25.7 Å². The molecule has 0 saturated carbocycles. The molecule has 1 aliphatic heterocycles. The van der Waals surface area contributed by atoms with Gasteiger partial charge in [0.05, 0.1) is 5.39 Å². The van der Waals surface area contributed by atoms with E-state index in [2.05, 4.69) is 21.9 Å². The molecule has 3 rings (SSSR count). The molecule has 2 aromatic heterocycles. The van der Waals surface area contributed by atoms with Crippen molar-refractivity contribution in [1.29, 1.82) is 0 Å². The maximum absolute atomic E-state index is 12.7. The number of nitrogens with one attached hydrogen (secondary N) is 1. The number of allylic oxidation sites excluding steroid dienone is 1. The Labute approximate surface area is 149 Å². The molecule has 0 aromatic carbocycles. The summed E-state index contributed by atoms with van der Waals surface area (Å²) in [5.41, 5.74) is 0. The highest BCUT2D eigenvalue weighted by molar-refractivity contribution is 7.16. The molecule has 8 heteroatoms. The van der Waals surface area contributed by atoms with Gasteiger partial charge in [0, 0.05) is 6.54 Å². The van der Waals surface area contributed by atoms with E-state index in [9.17, 15) is 14.7 Å². The fourth-order valence-electron chi connectivity index (χ4n) is 3.11. The predicted molar refractivity (Wildman–Crippen MR) is 96.8 cm³/mol. The third-order valence-corrected chi connectivity index (χ3v) is 5.16. The van der Waals surface area contributed by atoms with E-state index in [0.717, 1.165) is 22.5 Å². The Morgan fingerprint density at radius 3 is 3.12 bits per heavy atom. The predicted octanol–water partition coefficient (Wildman–Crippen LogP) is 2.20. The van der Waals surface area contributed by atoms with Crippen LogP contribution < -0.4 is 10.2 Å². The van der Waals surface area contributed by atoms with Gasteiger partial charge in [-0.2, -0.15) is 0 Å². The monoisotopic (exact) mass is 360 g/mol. The number of carbonyl (C=O) groups excluding carboxylic acids is 1. The van der Waals surface area contributed by atoms with E-state index in [1.807, 2.05) is 16.3 Å². The van der Waals surface area contributed by atoms with Crippen molar-refractivity contribution in [3.05, 3.63) is 30.4 Å². The van der Waals surface area contributed by atoms with Gasteiger partial charge >= 0.3 is 5.97 Å². The van der Waals surface area contributed by atoms with Crippen molar-refractivity contribution in [3.63, 3.8) is 0 Å².